The molecule has 0 unspecified atom stereocenters. The van der Waals surface area contributed by atoms with Crippen LogP contribution in [0.3, 0.4) is 0 Å². The van der Waals surface area contributed by atoms with Gasteiger partial charge in [0.1, 0.15) is 69.9 Å². The van der Waals surface area contributed by atoms with Crippen LogP contribution in [0.2, 0.25) is 0 Å². The van der Waals surface area contributed by atoms with Gasteiger partial charge in [0.2, 0.25) is 0 Å². The number of halogens is 20. The molecule has 6 rings (SSSR count). The molecule has 0 amide bonds. The lowest BCUT2D eigenvalue weighted by molar-refractivity contribution is 0.316. The molecule has 5 aromatic rings. The highest BCUT2D eigenvalue weighted by atomic mass is 32.2. The van der Waals surface area contributed by atoms with Crippen LogP contribution in [0, 0.1) is 116 Å². The van der Waals surface area contributed by atoms with E-state index in [4.69, 9.17) is 10.2 Å². The Hall–Kier alpha value is -4.97. The third-order valence-electron chi connectivity index (χ3n) is 10.9. The first-order valence-electron chi connectivity index (χ1n) is 18.7. The van der Waals surface area contributed by atoms with Gasteiger partial charge in [-0.3, -0.25) is 0 Å². The molecule has 5 aromatic carbocycles. The van der Waals surface area contributed by atoms with Crippen LogP contribution >= 0.6 is 0 Å². The molecule has 352 valence electrons. The van der Waals surface area contributed by atoms with E-state index in [1.54, 1.807) is 0 Å². The quantitative estimate of drug-likeness (QED) is 0.0458. The SMILES string of the molecule is Fc1c(F)c(F)c([B-](c2c(F)c(F)c(F)c(F)c2F)(c2c(F)c(F)c(F)c(F)c2F)c2c(F)c(F)c(F)c(F)c2F)c(F)c1F.OCC[S+](CCO)Cc1ccc(C2CCCCC2)cc1. The molecular formula is C41H27BF20O2S. The summed E-state index contributed by atoms with van der Waals surface area (Å²) in [4.78, 5) is 0. The standard InChI is InChI=1S/C24BF20.C17H27O2S/c26-5-1(6(27)14(35)21(42)13(5)34)25(2-7(28)15(36)22(43)16(37)8(2)29,3-9(30)17(38)23(44)18(39)10(3)31)4-11(32)19(40)24(45)20(41)12(4)33;18-10-12-20(13-11-19)14-15-6-8-17(9-7-15)16-4-2-1-3-5-16/h;6-9,16,18-19H,1-5,10-14H2/q-1;+1. The van der Waals surface area contributed by atoms with E-state index >= 15 is 35.1 Å². The highest BCUT2D eigenvalue weighted by Gasteiger charge is 2.52. The topological polar surface area (TPSA) is 40.5 Å². The molecule has 1 aliphatic rings. The van der Waals surface area contributed by atoms with Crippen LogP contribution in [-0.4, -0.2) is 41.1 Å². The zero-order valence-electron chi connectivity index (χ0n) is 32.4. The number of hydrogen-bond donors (Lipinski definition) is 2. The largest absolute Gasteiger partial charge is 0.391 e. The molecule has 2 N–H and O–H groups in total. The summed E-state index contributed by atoms with van der Waals surface area (Å²) in [6, 6.07) is 9.09. The molecule has 0 saturated heterocycles. The van der Waals surface area contributed by atoms with Crippen LogP contribution in [0.25, 0.3) is 0 Å². The number of aliphatic hydroxyl groups excluding tert-OH is 2. The van der Waals surface area contributed by atoms with Crippen LogP contribution in [0.5, 0.6) is 0 Å². The van der Waals surface area contributed by atoms with E-state index in [9.17, 15) is 52.7 Å². The van der Waals surface area contributed by atoms with Crippen molar-refractivity contribution in [3.05, 3.63) is 152 Å². The molecule has 0 radical (unpaired) electrons. The first-order chi connectivity index (χ1) is 30.5. The monoisotopic (exact) mass is 974 g/mol. The minimum atomic E-state index is -7.22. The number of aliphatic hydroxyl groups is 2. The normalized spacial score (nSPS) is 13.5. The fourth-order valence-electron chi connectivity index (χ4n) is 7.94. The Labute approximate surface area is 356 Å². The summed E-state index contributed by atoms with van der Waals surface area (Å²) < 4.78 is 294. The Morgan fingerprint density at radius 1 is 0.369 bits per heavy atom. The summed E-state index contributed by atoms with van der Waals surface area (Å²) in [5, 5.41) is 18.2. The van der Waals surface area contributed by atoms with Crippen molar-refractivity contribution in [1.29, 1.82) is 0 Å². The molecule has 0 aromatic heterocycles. The maximum atomic E-state index is 15.4. The molecule has 2 nitrogen and oxygen atoms in total. The van der Waals surface area contributed by atoms with Crippen molar-refractivity contribution in [2.45, 2.75) is 43.8 Å². The lowest BCUT2D eigenvalue weighted by Gasteiger charge is -2.44. The lowest BCUT2D eigenvalue weighted by Crippen LogP contribution is -2.81. The Morgan fingerprint density at radius 3 is 0.862 bits per heavy atom. The smallest absolute Gasteiger partial charge is 0.200 e. The molecule has 0 spiro atoms. The van der Waals surface area contributed by atoms with Crippen molar-refractivity contribution in [3.8, 4) is 0 Å². The molecule has 0 aliphatic heterocycles. The van der Waals surface area contributed by atoms with E-state index in [0.29, 0.717) is 0 Å². The van der Waals surface area contributed by atoms with Crippen molar-refractivity contribution in [1.82, 2.24) is 0 Å². The first kappa shape index (κ1) is 51.0. The van der Waals surface area contributed by atoms with Crippen LogP contribution in [0.4, 0.5) is 87.8 Å². The lowest BCUT2D eigenvalue weighted by atomic mass is 9.12. The fourth-order valence-corrected chi connectivity index (χ4v) is 9.61. The fraction of sp³-hybridized carbons (Fsp3) is 0.268. The minimum absolute atomic E-state index is 0.113. The molecule has 0 bridgehead atoms. The highest BCUT2D eigenvalue weighted by Crippen LogP contribution is 2.34. The summed E-state index contributed by atoms with van der Waals surface area (Å²) in [5.41, 5.74) is -11.5. The van der Waals surface area contributed by atoms with Crippen LogP contribution in [-0.2, 0) is 16.6 Å². The zero-order valence-corrected chi connectivity index (χ0v) is 33.2. The second-order valence-electron chi connectivity index (χ2n) is 14.5. The van der Waals surface area contributed by atoms with Crippen LogP contribution in [0.1, 0.15) is 49.1 Å². The van der Waals surface area contributed by atoms with Gasteiger partial charge < -0.3 is 10.2 Å². The van der Waals surface area contributed by atoms with Gasteiger partial charge >= 0.3 is 0 Å². The van der Waals surface area contributed by atoms with E-state index in [2.05, 4.69) is 24.3 Å². The Bertz CT molecular complexity index is 2220. The number of hydrogen-bond acceptors (Lipinski definition) is 2. The van der Waals surface area contributed by atoms with Gasteiger partial charge in [-0.1, -0.05) is 43.5 Å². The molecular weight excluding hydrogens is 947 g/mol. The predicted molar refractivity (Wildman–Crippen MR) is 196 cm³/mol. The molecule has 65 heavy (non-hydrogen) atoms. The average Bonchev–Trinajstić information content (AvgIpc) is 3.29. The van der Waals surface area contributed by atoms with Crippen molar-refractivity contribution < 1.29 is 98.0 Å². The van der Waals surface area contributed by atoms with E-state index < -0.39 is 144 Å². The van der Waals surface area contributed by atoms with Gasteiger partial charge in [-0.05, 0) is 35.2 Å². The van der Waals surface area contributed by atoms with Crippen molar-refractivity contribution in [2.75, 3.05) is 24.7 Å². The van der Waals surface area contributed by atoms with Gasteiger partial charge in [-0.25, -0.2) is 87.8 Å². The van der Waals surface area contributed by atoms with Crippen LogP contribution in [0.15, 0.2) is 24.3 Å². The Balaban J connectivity index is 0.000000330. The minimum Gasteiger partial charge on any atom is -0.391 e. The maximum absolute atomic E-state index is 15.4. The molecule has 24 heteroatoms. The molecule has 1 aliphatic carbocycles. The summed E-state index contributed by atoms with van der Waals surface area (Å²) in [7, 11) is 0.113. The van der Waals surface area contributed by atoms with Crippen molar-refractivity contribution in [2.24, 2.45) is 0 Å². The maximum Gasteiger partial charge on any atom is 0.200 e. The van der Waals surface area contributed by atoms with Crippen LogP contribution < -0.4 is 21.9 Å². The third kappa shape index (κ3) is 8.88. The van der Waals surface area contributed by atoms with Gasteiger partial charge in [0, 0.05) is 5.56 Å². The van der Waals surface area contributed by atoms with Crippen molar-refractivity contribution >= 4 is 38.9 Å². The highest BCUT2D eigenvalue weighted by molar-refractivity contribution is 7.96. The number of rotatable bonds is 11. The van der Waals surface area contributed by atoms with Gasteiger partial charge in [-0.2, -0.15) is 0 Å². The number of benzene rings is 5. The van der Waals surface area contributed by atoms with Gasteiger partial charge in [-0.15, -0.1) is 21.9 Å². The van der Waals surface area contributed by atoms with E-state index in [1.807, 2.05) is 0 Å². The van der Waals surface area contributed by atoms with E-state index in [1.165, 1.54) is 43.2 Å². The summed E-state index contributed by atoms with van der Waals surface area (Å²) >= 11 is 0. The third-order valence-corrected chi connectivity index (χ3v) is 13.2. The second-order valence-corrected chi connectivity index (χ2v) is 16.8. The Kier molecular flexibility index (Phi) is 15.9. The molecule has 1 fully saturated rings. The van der Waals surface area contributed by atoms with E-state index in [0.717, 1.165) is 23.2 Å². The Morgan fingerprint density at radius 2 is 0.615 bits per heavy atom. The zero-order chi connectivity index (χ0) is 48.6. The second kappa shape index (κ2) is 20.3. The van der Waals surface area contributed by atoms with Gasteiger partial charge in [0.25, 0.3) is 0 Å². The molecule has 1 saturated carbocycles. The van der Waals surface area contributed by atoms with E-state index in [-0.39, 0.29) is 24.1 Å². The molecule has 0 heterocycles. The first-order valence-corrected chi connectivity index (χ1v) is 20.4. The summed E-state index contributed by atoms with van der Waals surface area (Å²) in [6.45, 7) is 0.451. The van der Waals surface area contributed by atoms with Gasteiger partial charge in [0.05, 0.1) is 13.2 Å². The van der Waals surface area contributed by atoms with Crippen molar-refractivity contribution in [3.63, 3.8) is 0 Å². The average molecular weight is 975 g/mol. The summed E-state index contributed by atoms with van der Waals surface area (Å²) in [6.07, 6.45) is -0.367. The van der Waals surface area contributed by atoms with Gasteiger partial charge in [0.15, 0.2) is 69.8 Å². The molecule has 0 atom stereocenters. The summed E-state index contributed by atoms with van der Waals surface area (Å²) in [5.74, 6) is -68.0. The predicted octanol–water partition coefficient (Wildman–Crippen LogP) is 8.68.